The van der Waals surface area contributed by atoms with Crippen molar-refractivity contribution in [3.8, 4) is 0 Å². The Kier molecular flexibility index (Phi) is 8.53. The van der Waals surface area contributed by atoms with E-state index in [9.17, 15) is 0 Å². The lowest BCUT2D eigenvalue weighted by Gasteiger charge is -2.10. The lowest BCUT2D eigenvalue weighted by molar-refractivity contribution is 0.116. The zero-order valence-electron chi connectivity index (χ0n) is 11.9. The average Bonchev–Trinajstić information content (AvgIpc) is 2.41. The maximum atomic E-state index is 5.76. The summed E-state index contributed by atoms with van der Waals surface area (Å²) in [5.41, 5.74) is 2.67. The zero-order valence-corrected chi connectivity index (χ0v) is 11.9. The molecule has 0 unspecified atom stereocenters. The quantitative estimate of drug-likeness (QED) is 0.635. The van der Waals surface area contributed by atoms with Crippen LogP contribution < -0.4 is 5.32 Å². The van der Waals surface area contributed by atoms with Crippen molar-refractivity contribution in [2.45, 2.75) is 52.7 Å². The molecule has 0 spiro atoms. The molecule has 0 aromatic heterocycles. The van der Waals surface area contributed by atoms with E-state index in [-0.39, 0.29) is 0 Å². The molecule has 0 saturated carbocycles. The van der Waals surface area contributed by atoms with Crippen LogP contribution in [0.15, 0.2) is 24.3 Å². The molecule has 0 aliphatic carbocycles. The van der Waals surface area contributed by atoms with E-state index in [1.165, 1.54) is 36.8 Å². The van der Waals surface area contributed by atoms with Crippen molar-refractivity contribution in [3.63, 3.8) is 0 Å². The van der Waals surface area contributed by atoms with E-state index < -0.39 is 0 Å². The van der Waals surface area contributed by atoms with Crippen LogP contribution in [0.25, 0.3) is 0 Å². The van der Waals surface area contributed by atoms with Gasteiger partial charge in [-0.1, -0.05) is 57.4 Å². The molecular weight excluding hydrogens is 222 g/mol. The van der Waals surface area contributed by atoms with Gasteiger partial charge in [0.25, 0.3) is 0 Å². The van der Waals surface area contributed by atoms with Crippen LogP contribution in [0, 0.1) is 0 Å². The van der Waals surface area contributed by atoms with Crippen molar-refractivity contribution in [1.82, 2.24) is 5.32 Å². The topological polar surface area (TPSA) is 21.3 Å². The van der Waals surface area contributed by atoms with Gasteiger partial charge in [0.1, 0.15) is 0 Å². The SMILES string of the molecule is CCCCCCOCc1ccccc1CNCC. The number of nitrogens with one attached hydrogen (secondary N) is 1. The summed E-state index contributed by atoms with van der Waals surface area (Å²) in [6.07, 6.45) is 5.07. The molecule has 0 bridgehead atoms. The molecule has 0 radical (unpaired) electrons. The highest BCUT2D eigenvalue weighted by Gasteiger charge is 2.01. The summed E-state index contributed by atoms with van der Waals surface area (Å²) >= 11 is 0. The lowest BCUT2D eigenvalue weighted by atomic mass is 10.1. The van der Waals surface area contributed by atoms with E-state index in [1.807, 2.05) is 0 Å². The number of benzene rings is 1. The van der Waals surface area contributed by atoms with Crippen LogP contribution in [0.3, 0.4) is 0 Å². The van der Waals surface area contributed by atoms with Gasteiger partial charge in [-0.05, 0) is 24.1 Å². The minimum absolute atomic E-state index is 0.744. The second kappa shape index (κ2) is 10.1. The molecule has 0 aliphatic rings. The molecular formula is C16H27NO. The Labute approximate surface area is 112 Å². The minimum atomic E-state index is 0.744. The van der Waals surface area contributed by atoms with Gasteiger partial charge in [-0.25, -0.2) is 0 Å². The molecule has 0 aliphatic heterocycles. The molecule has 18 heavy (non-hydrogen) atoms. The van der Waals surface area contributed by atoms with Crippen molar-refractivity contribution in [3.05, 3.63) is 35.4 Å². The van der Waals surface area contributed by atoms with Gasteiger partial charge in [0.2, 0.25) is 0 Å². The van der Waals surface area contributed by atoms with Crippen LogP contribution in [0.2, 0.25) is 0 Å². The van der Waals surface area contributed by atoms with Crippen molar-refractivity contribution in [1.29, 1.82) is 0 Å². The molecule has 0 saturated heterocycles. The fourth-order valence-electron chi connectivity index (χ4n) is 1.94. The van der Waals surface area contributed by atoms with E-state index >= 15 is 0 Å². The molecule has 0 atom stereocenters. The fourth-order valence-corrected chi connectivity index (χ4v) is 1.94. The van der Waals surface area contributed by atoms with Crippen LogP contribution in [-0.2, 0) is 17.9 Å². The summed E-state index contributed by atoms with van der Waals surface area (Å²) in [6, 6.07) is 8.53. The summed E-state index contributed by atoms with van der Waals surface area (Å²) in [7, 11) is 0. The summed E-state index contributed by atoms with van der Waals surface area (Å²) in [5, 5.41) is 3.37. The Hall–Kier alpha value is -0.860. The first-order valence-corrected chi connectivity index (χ1v) is 7.23. The molecule has 102 valence electrons. The van der Waals surface area contributed by atoms with Gasteiger partial charge >= 0.3 is 0 Å². The standard InChI is InChI=1S/C16H27NO/c1-3-5-6-9-12-18-14-16-11-8-7-10-15(16)13-17-4-2/h7-8,10-11,17H,3-6,9,12-14H2,1-2H3. The summed E-state index contributed by atoms with van der Waals surface area (Å²) in [4.78, 5) is 0. The number of unbranched alkanes of at least 4 members (excludes halogenated alkanes) is 3. The molecule has 1 aromatic rings. The molecule has 1 rings (SSSR count). The van der Waals surface area contributed by atoms with Crippen molar-refractivity contribution < 1.29 is 4.74 Å². The first kappa shape index (κ1) is 15.2. The molecule has 2 heteroatoms. The third-order valence-corrected chi connectivity index (χ3v) is 3.08. The number of hydrogen-bond donors (Lipinski definition) is 1. The fraction of sp³-hybridized carbons (Fsp3) is 0.625. The molecule has 0 amide bonds. The Morgan fingerprint density at radius 3 is 2.50 bits per heavy atom. The predicted molar refractivity (Wildman–Crippen MR) is 77.6 cm³/mol. The third kappa shape index (κ3) is 6.18. The first-order valence-electron chi connectivity index (χ1n) is 7.23. The highest BCUT2D eigenvalue weighted by molar-refractivity contribution is 5.26. The predicted octanol–water partition coefficient (Wildman–Crippen LogP) is 3.89. The normalized spacial score (nSPS) is 10.8. The van der Waals surface area contributed by atoms with Crippen LogP contribution >= 0.6 is 0 Å². The second-order valence-electron chi connectivity index (χ2n) is 4.66. The lowest BCUT2D eigenvalue weighted by Crippen LogP contribution is -2.13. The molecule has 0 heterocycles. The van der Waals surface area contributed by atoms with Crippen LogP contribution in [0.4, 0.5) is 0 Å². The largest absolute Gasteiger partial charge is 0.377 e. The number of hydrogen-bond acceptors (Lipinski definition) is 2. The van der Waals surface area contributed by atoms with E-state index in [0.29, 0.717) is 0 Å². The summed E-state index contributed by atoms with van der Waals surface area (Å²) in [6.45, 7) is 7.94. The third-order valence-electron chi connectivity index (χ3n) is 3.08. The van der Waals surface area contributed by atoms with Gasteiger partial charge in [0.15, 0.2) is 0 Å². The van der Waals surface area contributed by atoms with Gasteiger partial charge in [0, 0.05) is 13.2 Å². The zero-order chi connectivity index (χ0) is 13.1. The summed E-state index contributed by atoms with van der Waals surface area (Å²) < 4.78 is 5.76. The Balaban J connectivity index is 2.27. The maximum absolute atomic E-state index is 5.76. The maximum Gasteiger partial charge on any atom is 0.0720 e. The molecule has 1 N–H and O–H groups in total. The molecule has 0 fully saturated rings. The second-order valence-corrected chi connectivity index (χ2v) is 4.66. The van der Waals surface area contributed by atoms with Crippen molar-refractivity contribution in [2.75, 3.05) is 13.2 Å². The van der Waals surface area contributed by atoms with Gasteiger partial charge in [0.05, 0.1) is 6.61 Å². The van der Waals surface area contributed by atoms with Crippen LogP contribution in [0.5, 0.6) is 0 Å². The van der Waals surface area contributed by atoms with Crippen molar-refractivity contribution >= 4 is 0 Å². The summed E-state index contributed by atoms with van der Waals surface area (Å²) in [5.74, 6) is 0. The average molecular weight is 249 g/mol. The highest BCUT2D eigenvalue weighted by Crippen LogP contribution is 2.10. The molecule has 2 nitrogen and oxygen atoms in total. The van der Waals surface area contributed by atoms with E-state index in [4.69, 9.17) is 4.74 Å². The molecule has 1 aromatic carbocycles. The van der Waals surface area contributed by atoms with Crippen molar-refractivity contribution in [2.24, 2.45) is 0 Å². The number of rotatable bonds is 10. The Morgan fingerprint density at radius 1 is 1.00 bits per heavy atom. The monoisotopic (exact) mass is 249 g/mol. The van der Waals surface area contributed by atoms with Gasteiger partial charge in [-0.2, -0.15) is 0 Å². The Morgan fingerprint density at radius 2 is 1.78 bits per heavy atom. The van der Waals surface area contributed by atoms with E-state index in [1.54, 1.807) is 0 Å². The first-order chi connectivity index (χ1) is 8.88. The van der Waals surface area contributed by atoms with E-state index in [0.717, 1.165) is 26.3 Å². The van der Waals surface area contributed by atoms with Crippen LogP contribution in [0.1, 0.15) is 50.7 Å². The van der Waals surface area contributed by atoms with Crippen LogP contribution in [-0.4, -0.2) is 13.2 Å². The van der Waals surface area contributed by atoms with Gasteiger partial charge < -0.3 is 10.1 Å². The smallest absolute Gasteiger partial charge is 0.0720 e. The number of ether oxygens (including phenoxy) is 1. The Bertz CT molecular complexity index is 312. The minimum Gasteiger partial charge on any atom is -0.377 e. The van der Waals surface area contributed by atoms with Gasteiger partial charge in [-0.15, -0.1) is 0 Å². The van der Waals surface area contributed by atoms with E-state index in [2.05, 4.69) is 43.4 Å². The highest BCUT2D eigenvalue weighted by atomic mass is 16.5. The van der Waals surface area contributed by atoms with Gasteiger partial charge in [-0.3, -0.25) is 0 Å².